The molecule has 0 spiro atoms. The van der Waals surface area contributed by atoms with Crippen LogP contribution < -0.4 is 5.73 Å². The summed E-state index contributed by atoms with van der Waals surface area (Å²) in [4.78, 5) is 3.15. The molecule has 0 bridgehead atoms. The van der Waals surface area contributed by atoms with Crippen molar-refractivity contribution in [3.63, 3.8) is 0 Å². The maximum Gasteiger partial charge on any atom is 0.0760 e. The van der Waals surface area contributed by atoms with Gasteiger partial charge in [0.1, 0.15) is 0 Å². The van der Waals surface area contributed by atoms with Crippen molar-refractivity contribution >= 4 is 23.3 Å². The molecule has 1 aromatic heterocycles. The quantitative estimate of drug-likeness (QED) is 0.785. The number of aliphatic hydroxyl groups is 1. The molecule has 1 aromatic carbocycles. The van der Waals surface area contributed by atoms with Crippen LogP contribution in [0.3, 0.4) is 0 Å². The zero-order valence-corrected chi connectivity index (χ0v) is 10.3. The third-order valence-corrected chi connectivity index (χ3v) is 3.44. The molecule has 1 aliphatic rings. The van der Waals surface area contributed by atoms with Gasteiger partial charge in [0.15, 0.2) is 0 Å². The van der Waals surface area contributed by atoms with Crippen molar-refractivity contribution in [1.29, 1.82) is 0 Å². The zero-order valence-electron chi connectivity index (χ0n) is 9.47. The molecule has 1 aliphatic carbocycles. The van der Waals surface area contributed by atoms with E-state index in [2.05, 4.69) is 11.1 Å². The van der Waals surface area contributed by atoms with Gasteiger partial charge in [-0.15, -0.1) is 12.4 Å². The van der Waals surface area contributed by atoms with Crippen LogP contribution in [0.4, 0.5) is 0 Å². The first kappa shape index (κ1) is 12.4. The fourth-order valence-electron chi connectivity index (χ4n) is 2.21. The van der Waals surface area contributed by atoms with Gasteiger partial charge >= 0.3 is 0 Å². The second-order valence-electron chi connectivity index (χ2n) is 4.68. The summed E-state index contributed by atoms with van der Waals surface area (Å²) in [6.45, 7) is 0. The smallest absolute Gasteiger partial charge is 0.0760 e. The summed E-state index contributed by atoms with van der Waals surface area (Å²) in [6.07, 6.45) is 3.75. The first-order chi connectivity index (χ1) is 7.75. The number of aromatic amines is 1. The molecule has 2 aromatic rings. The highest BCUT2D eigenvalue weighted by molar-refractivity contribution is 5.85. The number of benzene rings is 1. The van der Waals surface area contributed by atoms with Gasteiger partial charge in [0.05, 0.1) is 12.1 Å². The zero-order chi connectivity index (χ0) is 11.1. The maximum atomic E-state index is 10.0. The summed E-state index contributed by atoms with van der Waals surface area (Å²) in [6, 6.07) is 7.84. The molecule has 1 fully saturated rings. The Morgan fingerprint density at radius 3 is 2.76 bits per heavy atom. The summed E-state index contributed by atoms with van der Waals surface area (Å²) in [5, 5.41) is 11.1. The summed E-state index contributed by atoms with van der Waals surface area (Å²) in [5.74, 6) is 0.414. The number of H-pyrrole nitrogens is 1. The number of nitrogens with two attached hydrogens (primary N) is 1. The second-order valence-corrected chi connectivity index (χ2v) is 4.68. The molecule has 1 saturated carbocycles. The second kappa shape index (κ2) is 4.69. The standard InChI is InChI=1S/C13H16N2O.ClH/c14-12(13(16)8-1-2-8)10-3-4-11-9(7-10)5-6-15-11;/h3-8,12-13,15-16H,1-2,14H2;1H/t12-,13+;/m1./s1. The predicted molar refractivity (Wildman–Crippen MR) is 71.2 cm³/mol. The average molecular weight is 253 g/mol. The molecule has 3 rings (SSSR count). The van der Waals surface area contributed by atoms with E-state index in [1.54, 1.807) is 0 Å². The lowest BCUT2D eigenvalue weighted by atomic mass is 9.98. The van der Waals surface area contributed by atoms with E-state index in [4.69, 9.17) is 5.73 Å². The van der Waals surface area contributed by atoms with Gasteiger partial charge in [-0.2, -0.15) is 0 Å². The molecule has 4 heteroatoms. The molecule has 4 N–H and O–H groups in total. The number of nitrogens with one attached hydrogen (secondary N) is 1. The van der Waals surface area contributed by atoms with E-state index in [0.717, 1.165) is 29.3 Å². The van der Waals surface area contributed by atoms with Gasteiger partial charge in [0.25, 0.3) is 0 Å². The van der Waals surface area contributed by atoms with Gasteiger partial charge in [0, 0.05) is 11.7 Å². The number of hydrogen-bond acceptors (Lipinski definition) is 2. The third kappa shape index (κ3) is 2.32. The molecule has 17 heavy (non-hydrogen) atoms. The van der Waals surface area contributed by atoms with E-state index in [1.807, 2.05) is 24.4 Å². The van der Waals surface area contributed by atoms with E-state index in [-0.39, 0.29) is 18.4 Å². The van der Waals surface area contributed by atoms with Gasteiger partial charge < -0.3 is 15.8 Å². The largest absolute Gasteiger partial charge is 0.391 e. The summed E-state index contributed by atoms with van der Waals surface area (Å²) in [7, 11) is 0. The molecule has 92 valence electrons. The minimum atomic E-state index is -0.392. The Morgan fingerprint density at radius 1 is 1.29 bits per heavy atom. The van der Waals surface area contributed by atoms with Gasteiger partial charge in [-0.1, -0.05) is 6.07 Å². The first-order valence-corrected chi connectivity index (χ1v) is 5.76. The SMILES string of the molecule is Cl.N[C@H](c1ccc2[nH]ccc2c1)[C@@H](O)C1CC1. The van der Waals surface area contributed by atoms with Gasteiger partial charge in [-0.25, -0.2) is 0 Å². The molecule has 0 amide bonds. The number of aliphatic hydroxyl groups excluding tert-OH is 1. The fraction of sp³-hybridized carbons (Fsp3) is 0.385. The molecule has 2 atom stereocenters. The van der Waals surface area contributed by atoms with Gasteiger partial charge in [-0.05, 0) is 47.9 Å². The maximum absolute atomic E-state index is 10.0. The monoisotopic (exact) mass is 252 g/mol. The lowest BCUT2D eigenvalue weighted by Crippen LogP contribution is -2.27. The van der Waals surface area contributed by atoms with E-state index in [9.17, 15) is 5.11 Å². The molecular formula is C13H17ClN2O. The van der Waals surface area contributed by atoms with Crippen molar-refractivity contribution in [2.24, 2.45) is 11.7 Å². The Labute approximate surface area is 106 Å². The molecule has 0 aliphatic heterocycles. The van der Waals surface area contributed by atoms with Crippen LogP contribution in [-0.2, 0) is 0 Å². The Hall–Kier alpha value is -1.03. The molecule has 0 radical (unpaired) electrons. The van der Waals surface area contributed by atoms with E-state index >= 15 is 0 Å². The van der Waals surface area contributed by atoms with Gasteiger partial charge in [0.2, 0.25) is 0 Å². The van der Waals surface area contributed by atoms with Crippen molar-refractivity contribution in [3.05, 3.63) is 36.0 Å². The number of hydrogen-bond donors (Lipinski definition) is 3. The van der Waals surface area contributed by atoms with Crippen molar-refractivity contribution in [1.82, 2.24) is 4.98 Å². The summed E-state index contributed by atoms with van der Waals surface area (Å²) >= 11 is 0. The van der Waals surface area contributed by atoms with Crippen LogP contribution in [-0.4, -0.2) is 16.2 Å². The van der Waals surface area contributed by atoms with Crippen LogP contribution in [0.2, 0.25) is 0 Å². The van der Waals surface area contributed by atoms with Crippen molar-refractivity contribution in [2.75, 3.05) is 0 Å². The van der Waals surface area contributed by atoms with Crippen molar-refractivity contribution < 1.29 is 5.11 Å². The van der Waals surface area contributed by atoms with E-state index < -0.39 is 6.10 Å². The van der Waals surface area contributed by atoms with Gasteiger partial charge in [-0.3, -0.25) is 0 Å². The Bertz CT molecular complexity index is 507. The Morgan fingerprint density at radius 2 is 2.06 bits per heavy atom. The predicted octanol–water partition coefficient (Wildman–Crippen LogP) is 2.36. The number of halogens is 1. The normalized spacial score (nSPS) is 18.7. The third-order valence-electron chi connectivity index (χ3n) is 3.44. The number of fused-ring (bicyclic) bond motifs is 1. The van der Waals surface area contributed by atoms with Crippen LogP contribution in [0.5, 0.6) is 0 Å². The summed E-state index contributed by atoms with van der Waals surface area (Å²) < 4.78 is 0. The Balaban J connectivity index is 0.00000108. The Kier molecular flexibility index (Phi) is 3.43. The van der Waals surface area contributed by atoms with E-state index in [1.165, 1.54) is 0 Å². The van der Waals surface area contributed by atoms with Crippen LogP contribution in [0, 0.1) is 5.92 Å². The topological polar surface area (TPSA) is 62.0 Å². The average Bonchev–Trinajstić information content (AvgIpc) is 3.05. The highest BCUT2D eigenvalue weighted by Gasteiger charge is 2.34. The van der Waals surface area contributed by atoms with Crippen LogP contribution >= 0.6 is 12.4 Å². The lowest BCUT2D eigenvalue weighted by Gasteiger charge is -2.18. The highest BCUT2D eigenvalue weighted by Crippen LogP contribution is 2.37. The minimum Gasteiger partial charge on any atom is -0.391 e. The van der Waals surface area contributed by atoms with Crippen LogP contribution in [0.1, 0.15) is 24.4 Å². The molecule has 3 nitrogen and oxygen atoms in total. The number of rotatable bonds is 3. The fourth-order valence-corrected chi connectivity index (χ4v) is 2.21. The molecule has 1 heterocycles. The van der Waals surface area contributed by atoms with Crippen LogP contribution in [0.15, 0.2) is 30.5 Å². The highest BCUT2D eigenvalue weighted by atomic mass is 35.5. The number of aromatic nitrogens is 1. The van der Waals surface area contributed by atoms with Crippen molar-refractivity contribution in [2.45, 2.75) is 25.0 Å². The lowest BCUT2D eigenvalue weighted by molar-refractivity contribution is 0.122. The minimum absolute atomic E-state index is 0. The molecule has 0 saturated heterocycles. The van der Waals surface area contributed by atoms with E-state index in [0.29, 0.717) is 5.92 Å². The molecular weight excluding hydrogens is 236 g/mol. The summed E-state index contributed by atoms with van der Waals surface area (Å²) in [5.41, 5.74) is 8.21. The first-order valence-electron chi connectivity index (χ1n) is 5.76. The van der Waals surface area contributed by atoms with Crippen LogP contribution in [0.25, 0.3) is 10.9 Å². The molecule has 0 unspecified atom stereocenters. The van der Waals surface area contributed by atoms with Crippen molar-refractivity contribution in [3.8, 4) is 0 Å².